The first-order valence-electron chi connectivity index (χ1n) is 11.9. The number of carbonyl (C=O) groups excluding carboxylic acids is 2. The Hall–Kier alpha value is -4.33. The van der Waals surface area contributed by atoms with Gasteiger partial charge in [-0.3, -0.25) is 9.19 Å². The number of benzene rings is 1. The first-order chi connectivity index (χ1) is 19.0. The van der Waals surface area contributed by atoms with Crippen molar-refractivity contribution in [2.45, 2.75) is 24.0 Å². The van der Waals surface area contributed by atoms with Gasteiger partial charge < -0.3 is 14.4 Å². The van der Waals surface area contributed by atoms with Gasteiger partial charge in [-0.25, -0.2) is 24.1 Å². The number of rotatable bonds is 9. The summed E-state index contributed by atoms with van der Waals surface area (Å²) in [6.07, 6.45) is -1.80. The van der Waals surface area contributed by atoms with Gasteiger partial charge >= 0.3 is 18.2 Å². The first-order valence-corrected chi connectivity index (χ1v) is 13.2. The van der Waals surface area contributed by atoms with Crippen LogP contribution in [0.1, 0.15) is 21.7 Å². The highest BCUT2D eigenvalue weighted by atomic mass is 32.2. The lowest BCUT2D eigenvalue weighted by atomic mass is 10.2. The minimum Gasteiger partial charge on any atom is -0.484 e. The smallest absolute Gasteiger partial charge is 0.422 e. The van der Waals surface area contributed by atoms with E-state index >= 15 is 0 Å². The molecule has 1 atom stereocenters. The molecule has 3 aromatic heterocycles. The normalized spacial score (nSPS) is 12.2. The number of esters is 1. The van der Waals surface area contributed by atoms with Crippen molar-refractivity contribution in [2.24, 2.45) is 0 Å². The van der Waals surface area contributed by atoms with Gasteiger partial charge in [0.15, 0.2) is 6.61 Å². The van der Waals surface area contributed by atoms with Crippen LogP contribution in [-0.4, -0.2) is 73.6 Å². The molecule has 0 saturated carbocycles. The molecule has 4 aromatic rings. The zero-order valence-corrected chi connectivity index (χ0v) is 22.2. The SMILES string of the molecule is Cc1c(OCC(F)(F)F)ccnc1CS(=O)c1nc2ccccc2n1C(=O)N(C)CCOC(=O)c1ccccn1. The average molecular weight is 576 g/mol. The predicted octanol–water partition coefficient (Wildman–Crippen LogP) is 4.14. The second-order valence-electron chi connectivity index (χ2n) is 8.55. The summed E-state index contributed by atoms with van der Waals surface area (Å²) in [6.45, 7) is -0.0562. The number of nitrogens with zero attached hydrogens (tertiary/aromatic N) is 5. The van der Waals surface area contributed by atoms with Crippen LogP contribution in [0.15, 0.2) is 66.1 Å². The third-order valence-electron chi connectivity index (χ3n) is 5.70. The Bertz CT molecular complexity index is 1550. The number of alkyl halides is 3. The highest BCUT2D eigenvalue weighted by Crippen LogP contribution is 2.26. The number of likely N-dealkylation sites (N-methyl/N-ethyl adjacent to an activating group) is 1. The number of amides is 1. The van der Waals surface area contributed by atoms with E-state index in [1.165, 1.54) is 48.0 Å². The maximum Gasteiger partial charge on any atom is 0.422 e. The van der Waals surface area contributed by atoms with Crippen molar-refractivity contribution in [1.82, 2.24) is 24.4 Å². The lowest BCUT2D eigenvalue weighted by molar-refractivity contribution is -0.153. The van der Waals surface area contributed by atoms with Crippen molar-refractivity contribution < 1.29 is 36.4 Å². The molecule has 0 aliphatic carbocycles. The van der Waals surface area contributed by atoms with Crippen LogP contribution < -0.4 is 4.74 Å². The molecule has 210 valence electrons. The van der Waals surface area contributed by atoms with Crippen LogP contribution in [0.3, 0.4) is 0 Å². The summed E-state index contributed by atoms with van der Waals surface area (Å²) < 4.78 is 62.6. The molecule has 0 radical (unpaired) electrons. The van der Waals surface area contributed by atoms with Crippen LogP contribution in [0.4, 0.5) is 18.0 Å². The average Bonchev–Trinajstić information content (AvgIpc) is 3.32. The van der Waals surface area contributed by atoms with Gasteiger partial charge in [0.1, 0.15) is 18.1 Å². The van der Waals surface area contributed by atoms with E-state index in [4.69, 9.17) is 9.47 Å². The van der Waals surface area contributed by atoms with E-state index in [1.807, 2.05) is 0 Å². The van der Waals surface area contributed by atoms with Gasteiger partial charge in [-0.2, -0.15) is 13.2 Å². The van der Waals surface area contributed by atoms with Gasteiger partial charge in [0.2, 0.25) is 5.16 Å². The zero-order chi connectivity index (χ0) is 28.9. The Morgan fingerprint density at radius 3 is 2.52 bits per heavy atom. The fourth-order valence-corrected chi connectivity index (χ4v) is 4.90. The summed E-state index contributed by atoms with van der Waals surface area (Å²) in [4.78, 5) is 39.4. The zero-order valence-electron chi connectivity index (χ0n) is 21.4. The van der Waals surface area contributed by atoms with Crippen LogP contribution in [0, 0.1) is 6.92 Å². The lowest BCUT2D eigenvalue weighted by Gasteiger charge is -2.19. The summed E-state index contributed by atoms with van der Waals surface area (Å²) in [7, 11) is -0.431. The molecule has 0 bridgehead atoms. The Kier molecular flexibility index (Phi) is 8.77. The maximum atomic E-state index is 13.5. The summed E-state index contributed by atoms with van der Waals surface area (Å²) >= 11 is 0. The molecule has 1 unspecified atom stereocenters. The van der Waals surface area contributed by atoms with E-state index in [0.29, 0.717) is 16.6 Å². The van der Waals surface area contributed by atoms with Gasteiger partial charge in [-0.05, 0) is 37.3 Å². The molecule has 0 saturated heterocycles. The summed E-state index contributed by atoms with van der Waals surface area (Å²) in [5, 5.41) is -0.0636. The van der Waals surface area contributed by atoms with Gasteiger partial charge in [0, 0.05) is 25.0 Å². The van der Waals surface area contributed by atoms with Gasteiger partial charge in [-0.1, -0.05) is 18.2 Å². The topological polar surface area (TPSA) is 117 Å². The van der Waals surface area contributed by atoms with Crippen LogP contribution in [0.5, 0.6) is 5.75 Å². The number of ether oxygens (including phenoxy) is 2. The highest BCUT2D eigenvalue weighted by Gasteiger charge is 2.29. The van der Waals surface area contributed by atoms with Crippen molar-refractivity contribution in [3.05, 3.63) is 77.9 Å². The number of aromatic nitrogens is 4. The van der Waals surface area contributed by atoms with Crippen LogP contribution in [0.25, 0.3) is 11.0 Å². The number of fused-ring (bicyclic) bond motifs is 1. The lowest BCUT2D eigenvalue weighted by Crippen LogP contribution is -2.35. The maximum absolute atomic E-state index is 13.5. The molecule has 0 aliphatic rings. The molecule has 0 aliphatic heterocycles. The molecular formula is C26H24F3N5O5S. The van der Waals surface area contributed by atoms with Crippen molar-refractivity contribution in [1.29, 1.82) is 0 Å². The molecule has 14 heteroatoms. The quantitative estimate of drug-likeness (QED) is 0.274. The van der Waals surface area contributed by atoms with Crippen molar-refractivity contribution >= 4 is 33.8 Å². The van der Waals surface area contributed by atoms with Crippen molar-refractivity contribution in [3.8, 4) is 5.75 Å². The number of pyridine rings is 2. The largest absolute Gasteiger partial charge is 0.484 e. The molecule has 4 rings (SSSR count). The second kappa shape index (κ2) is 12.2. The van der Waals surface area contributed by atoms with Gasteiger partial charge in [0.05, 0.1) is 39.8 Å². The Morgan fingerprint density at radius 1 is 1.05 bits per heavy atom. The van der Waals surface area contributed by atoms with E-state index in [0.717, 1.165) is 0 Å². The van der Waals surface area contributed by atoms with Crippen molar-refractivity contribution in [2.75, 3.05) is 26.8 Å². The number of halogens is 3. The second-order valence-corrected chi connectivity index (χ2v) is 9.89. The predicted molar refractivity (Wildman–Crippen MR) is 138 cm³/mol. The number of para-hydroxylation sites is 2. The third-order valence-corrected chi connectivity index (χ3v) is 6.92. The van der Waals surface area contributed by atoms with Crippen LogP contribution in [0.2, 0.25) is 0 Å². The molecular weight excluding hydrogens is 551 g/mol. The number of hydrogen-bond acceptors (Lipinski definition) is 8. The fourth-order valence-electron chi connectivity index (χ4n) is 3.65. The van der Waals surface area contributed by atoms with Gasteiger partial charge in [-0.15, -0.1) is 0 Å². The van der Waals surface area contributed by atoms with E-state index in [2.05, 4.69) is 15.0 Å². The Labute approximate surface area is 229 Å². The van der Waals surface area contributed by atoms with E-state index < -0.39 is 35.6 Å². The van der Waals surface area contributed by atoms with Crippen LogP contribution >= 0.6 is 0 Å². The number of imidazole rings is 1. The van der Waals surface area contributed by atoms with E-state index in [-0.39, 0.29) is 41.2 Å². The standard InChI is InChI=1S/C26H24F3N5O5S/c1-17-20(31-12-10-22(17)39-16-26(27,28)29)15-40(37)24-32-18-7-3-4-9-21(18)34(24)25(36)33(2)13-14-38-23(35)19-8-5-6-11-30-19/h3-12H,13-16H2,1-2H3. The summed E-state index contributed by atoms with van der Waals surface area (Å²) in [6, 6.07) is 12.2. The van der Waals surface area contributed by atoms with Gasteiger partial charge in [0.25, 0.3) is 0 Å². The number of hydrogen-bond donors (Lipinski definition) is 0. The molecule has 0 fully saturated rings. The molecule has 1 aromatic carbocycles. The summed E-state index contributed by atoms with van der Waals surface area (Å²) in [5.41, 5.74) is 1.48. The third kappa shape index (κ3) is 6.81. The highest BCUT2D eigenvalue weighted by molar-refractivity contribution is 7.84. The monoisotopic (exact) mass is 575 g/mol. The Balaban J connectivity index is 1.52. The molecule has 10 nitrogen and oxygen atoms in total. The molecule has 1 amide bonds. The molecule has 0 spiro atoms. The minimum absolute atomic E-state index is 0.0231. The van der Waals surface area contributed by atoms with Crippen molar-refractivity contribution in [3.63, 3.8) is 0 Å². The summed E-state index contributed by atoms with van der Waals surface area (Å²) in [5.74, 6) is -0.902. The van der Waals surface area contributed by atoms with E-state index in [1.54, 1.807) is 36.4 Å². The molecule has 3 heterocycles. The van der Waals surface area contributed by atoms with E-state index in [9.17, 15) is 27.0 Å². The molecule has 40 heavy (non-hydrogen) atoms. The minimum atomic E-state index is -4.52. The van der Waals surface area contributed by atoms with Crippen LogP contribution in [-0.2, 0) is 21.3 Å². The number of carbonyl (C=O) groups is 2. The molecule has 0 N–H and O–H groups in total. The fraction of sp³-hybridized carbons (Fsp3) is 0.269. The Morgan fingerprint density at radius 2 is 1.80 bits per heavy atom. The first kappa shape index (κ1) is 28.7.